The lowest BCUT2D eigenvalue weighted by Gasteiger charge is -2.39. The number of hydrogen-bond acceptors (Lipinski definition) is 7. The molecule has 3 aliphatic rings. The van der Waals surface area contributed by atoms with Crippen molar-refractivity contribution in [2.45, 2.75) is 74.3 Å². The number of aliphatic hydroxyl groups is 1. The third-order valence-electron chi connectivity index (χ3n) is 9.83. The van der Waals surface area contributed by atoms with E-state index in [1.165, 1.54) is 9.80 Å². The molecule has 262 valence electrons. The monoisotopic (exact) mass is 755 g/mol. The van der Waals surface area contributed by atoms with Crippen molar-refractivity contribution in [3.05, 3.63) is 90.0 Å². The molecule has 0 aliphatic carbocycles. The average molecular weight is 757 g/mol. The Kier molecular flexibility index (Phi) is 11.7. The first-order chi connectivity index (χ1) is 23.5. The van der Waals surface area contributed by atoms with Crippen molar-refractivity contribution in [1.29, 1.82) is 0 Å². The third-order valence-corrected chi connectivity index (χ3v) is 11.0. The quantitative estimate of drug-likeness (QED) is 0.148. The number of allylic oxidation sites excluding steroid dienone is 1. The van der Waals surface area contributed by atoms with Gasteiger partial charge in [-0.1, -0.05) is 89.1 Å². The van der Waals surface area contributed by atoms with Gasteiger partial charge in [0.15, 0.2) is 0 Å². The van der Waals surface area contributed by atoms with E-state index in [0.29, 0.717) is 29.1 Å². The number of alkyl halides is 1. The third kappa shape index (κ3) is 6.82. The summed E-state index contributed by atoms with van der Waals surface area (Å²) in [5.41, 5.74) is 0.512. The molecule has 5 rings (SSSR count). The van der Waals surface area contributed by atoms with Crippen LogP contribution in [0.25, 0.3) is 0 Å². The van der Waals surface area contributed by atoms with Gasteiger partial charge in [0.1, 0.15) is 17.7 Å². The van der Waals surface area contributed by atoms with Crippen LogP contribution in [0.15, 0.2) is 73.8 Å². The van der Waals surface area contributed by atoms with E-state index in [-0.39, 0.29) is 43.3 Å². The maximum Gasteiger partial charge on any atom is 0.313 e. The summed E-state index contributed by atoms with van der Waals surface area (Å²) in [6.45, 7) is 10.9. The number of nitrogens with zero attached hydrogens (tertiary/aromatic N) is 2. The van der Waals surface area contributed by atoms with E-state index in [9.17, 15) is 24.3 Å². The van der Waals surface area contributed by atoms with E-state index in [1.54, 1.807) is 36.4 Å². The predicted octanol–water partition coefficient (Wildman–Crippen LogP) is 5.05. The fourth-order valence-corrected chi connectivity index (χ4v) is 8.86. The fraction of sp³-hybridized carbons (Fsp3) is 0.459. The highest BCUT2D eigenvalue weighted by Gasteiger charge is 2.77. The van der Waals surface area contributed by atoms with Crippen LogP contribution in [-0.4, -0.2) is 82.0 Å². The van der Waals surface area contributed by atoms with Crippen LogP contribution in [0.3, 0.4) is 0 Å². The Bertz CT molecular complexity index is 1570. The maximum absolute atomic E-state index is 14.9. The first kappa shape index (κ1) is 36.8. The average Bonchev–Trinajstić information content (AvgIpc) is 3.69. The van der Waals surface area contributed by atoms with Crippen molar-refractivity contribution >= 4 is 56.9 Å². The number of esters is 1. The molecule has 3 heterocycles. The summed E-state index contributed by atoms with van der Waals surface area (Å²) in [6.07, 6.45) is 3.01. The maximum atomic E-state index is 14.9. The van der Waals surface area contributed by atoms with Crippen LogP contribution in [0.4, 0.5) is 5.69 Å². The molecule has 0 aromatic heterocycles. The highest BCUT2D eigenvalue weighted by Crippen LogP contribution is 2.61. The molecule has 2 bridgehead atoms. The number of fused-ring (bicyclic) bond motifs is 1. The number of aryl methyl sites for hydroxylation is 1. The molecule has 10 nitrogen and oxygen atoms in total. The summed E-state index contributed by atoms with van der Waals surface area (Å²) in [4.78, 5) is 58.9. The van der Waals surface area contributed by atoms with Gasteiger partial charge in [0.05, 0.1) is 47.8 Å². The normalized spacial score (nSPS) is 26.5. The first-order valence-corrected chi connectivity index (χ1v) is 17.9. The number of likely N-dealkylation sites (tertiary alicyclic amines) is 1. The van der Waals surface area contributed by atoms with E-state index < -0.39 is 59.5 Å². The molecular formula is C37H43BrClN3O7. The van der Waals surface area contributed by atoms with Crippen molar-refractivity contribution in [2.75, 3.05) is 24.6 Å². The van der Waals surface area contributed by atoms with E-state index in [1.807, 2.05) is 38.1 Å². The summed E-state index contributed by atoms with van der Waals surface area (Å²) in [5, 5.41) is 13.7. The van der Waals surface area contributed by atoms with Gasteiger partial charge in [0.25, 0.3) is 5.91 Å². The molecule has 3 amide bonds. The second kappa shape index (κ2) is 15.6. The Hall–Kier alpha value is -3.51. The molecule has 2 aromatic rings. The molecule has 0 radical (unpaired) electrons. The topological polar surface area (TPSA) is 125 Å². The van der Waals surface area contributed by atoms with Crippen LogP contribution >= 0.6 is 27.5 Å². The Morgan fingerprint density at radius 2 is 1.94 bits per heavy atom. The number of carbonyl (C=O) groups is 4. The van der Waals surface area contributed by atoms with Gasteiger partial charge >= 0.3 is 5.97 Å². The molecule has 3 aliphatic heterocycles. The minimum absolute atomic E-state index is 0.0226. The number of aliphatic hydroxyl groups excluding tert-OH is 1. The summed E-state index contributed by atoms with van der Waals surface area (Å²) in [7, 11) is 0. The lowest BCUT2D eigenvalue weighted by Crippen LogP contribution is -2.59. The molecule has 12 heteroatoms. The van der Waals surface area contributed by atoms with Gasteiger partial charge in [-0.25, -0.2) is 0 Å². The molecule has 1 unspecified atom stereocenters. The minimum Gasteiger partial charge on any atom is -0.455 e. The van der Waals surface area contributed by atoms with Gasteiger partial charge in [-0.3, -0.25) is 19.2 Å². The van der Waals surface area contributed by atoms with E-state index in [0.717, 1.165) is 5.56 Å². The predicted molar refractivity (Wildman–Crippen MR) is 190 cm³/mol. The first-order valence-electron chi connectivity index (χ1n) is 16.6. The summed E-state index contributed by atoms with van der Waals surface area (Å²) >= 11 is 10.4. The number of halogens is 2. The molecule has 3 fully saturated rings. The summed E-state index contributed by atoms with van der Waals surface area (Å²) < 4.78 is 12.8. The SMILES string of the molecule is C=CCCC(=O)NC[C@@H](OC(=O)[C@H]1[C@@H]2O[C@@]3(CC2Br)[C@@H]1C(=O)N([C@@H](CC)CO)[C@@H]3C(=O)N(CC=C)c1c(C)cccc1Cl)c1ccccc1. The van der Waals surface area contributed by atoms with E-state index >= 15 is 0 Å². The number of anilines is 1. The lowest BCUT2D eigenvalue weighted by atomic mass is 9.70. The molecular weight excluding hydrogens is 714 g/mol. The summed E-state index contributed by atoms with van der Waals surface area (Å²) in [5.74, 6) is -3.89. The largest absolute Gasteiger partial charge is 0.455 e. The van der Waals surface area contributed by atoms with Crippen LogP contribution in [0, 0.1) is 18.8 Å². The molecule has 3 saturated heterocycles. The fourth-order valence-electron chi connectivity index (χ4n) is 7.60. The Morgan fingerprint density at radius 3 is 2.57 bits per heavy atom. The second-order valence-corrected chi connectivity index (χ2v) is 14.3. The Labute approximate surface area is 300 Å². The molecule has 2 N–H and O–H groups in total. The van der Waals surface area contributed by atoms with Crippen LogP contribution in [0.1, 0.15) is 49.8 Å². The van der Waals surface area contributed by atoms with Gasteiger partial charge in [-0.15, -0.1) is 13.2 Å². The highest BCUT2D eigenvalue weighted by molar-refractivity contribution is 9.09. The van der Waals surface area contributed by atoms with Crippen molar-refractivity contribution in [2.24, 2.45) is 11.8 Å². The zero-order chi connectivity index (χ0) is 35.5. The Balaban J connectivity index is 1.53. The zero-order valence-electron chi connectivity index (χ0n) is 27.7. The van der Waals surface area contributed by atoms with Crippen molar-refractivity contribution < 1.29 is 33.8 Å². The number of rotatable bonds is 15. The number of amides is 3. The second-order valence-electron chi connectivity index (χ2n) is 12.8. The van der Waals surface area contributed by atoms with Crippen molar-refractivity contribution in [1.82, 2.24) is 10.2 Å². The minimum atomic E-state index is -1.39. The van der Waals surface area contributed by atoms with E-state index in [2.05, 4.69) is 34.4 Å². The molecule has 0 saturated carbocycles. The lowest BCUT2D eigenvalue weighted by molar-refractivity contribution is -0.160. The molecule has 49 heavy (non-hydrogen) atoms. The highest BCUT2D eigenvalue weighted by atomic mass is 79.9. The van der Waals surface area contributed by atoms with E-state index in [4.69, 9.17) is 21.1 Å². The molecule has 8 atom stereocenters. The van der Waals surface area contributed by atoms with Crippen LogP contribution in [0.2, 0.25) is 5.02 Å². The van der Waals surface area contributed by atoms with Gasteiger partial charge < -0.3 is 29.7 Å². The molecule has 2 aromatic carbocycles. The van der Waals surface area contributed by atoms with Gasteiger partial charge in [-0.05, 0) is 43.4 Å². The standard InChI is InChI=1S/C37H43BrClN3O7/c1-5-8-17-28(44)40-20-27(23-14-10-9-11-15-23)48-36(47)29-30-34(45)42(24(7-3)21-43)33(37(30)19-25(38)32(29)49-37)35(46)41(18-6-2)31-22(4)13-12-16-26(31)39/h5-6,9-16,24-25,27,29-30,32-33,43H,1-2,7-8,17-21H2,3-4H3,(H,40,44)/t24-,25?,27+,29+,30-,32+,33+,37-/m0/s1. The number of nitrogens with one attached hydrogen (secondary N) is 1. The van der Waals surface area contributed by atoms with Gasteiger partial charge in [-0.2, -0.15) is 0 Å². The Morgan fingerprint density at radius 1 is 1.20 bits per heavy atom. The van der Waals surface area contributed by atoms with Crippen LogP contribution in [-0.2, 0) is 28.7 Å². The summed E-state index contributed by atoms with van der Waals surface area (Å²) in [6, 6.07) is 12.5. The zero-order valence-corrected chi connectivity index (χ0v) is 30.1. The molecule has 1 spiro atoms. The van der Waals surface area contributed by atoms with Crippen LogP contribution < -0.4 is 10.2 Å². The van der Waals surface area contributed by atoms with Gasteiger partial charge in [0, 0.05) is 17.8 Å². The number of ether oxygens (including phenoxy) is 2. The number of hydrogen-bond donors (Lipinski definition) is 2. The van der Waals surface area contributed by atoms with Gasteiger partial charge in [0.2, 0.25) is 11.8 Å². The van der Waals surface area contributed by atoms with Crippen molar-refractivity contribution in [3.8, 4) is 0 Å². The van der Waals surface area contributed by atoms with Crippen LogP contribution in [0.5, 0.6) is 0 Å². The number of para-hydroxylation sites is 1. The smallest absolute Gasteiger partial charge is 0.313 e. The number of carbonyl (C=O) groups excluding carboxylic acids is 4. The number of benzene rings is 2. The van der Waals surface area contributed by atoms with Crippen molar-refractivity contribution in [3.63, 3.8) is 0 Å².